The Morgan fingerprint density at radius 2 is 1.85 bits per heavy atom. The lowest BCUT2D eigenvalue weighted by Gasteiger charge is -2.23. The van der Waals surface area contributed by atoms with Crippen molar-refractivity contribution in [2.24, 2.45) is 5.73 Å². The summed E-state index contributed by atoms with van der Waals surface area (Å²) < 4.78 is 0. The van der Waals surface area contributed by atoms with Crippen LogP contribution in [0.25, 0.3) is 0 Å². The Balaban J connectivity index is 2.00. The van der Waals surface area contributed by atoms with Gasteiger partial charge in [-0.15, -0.1) is 0 Å². The van der Waals surface area contributed by atoms with Crippen molar-refractivity contribution in [1.29, 1.82) is 0 Å². The van der Waals surface area contributed by atoms with Crippen LogP contribution in [-0.4, -0.2) is 29.1 Å². The van der Waals surface area contributed by atoms with Crippen LogP contribution < -0.4 is 11.1 Å². The van der Waals surface area contributed by atoms with Gasteiger partial charge in [0.25, 0.3) is 0 Å². The smallest absolute Gasteiger partial charge is 0.312 e. The maximum atomic E-state index is 12.1. The highest BCUT2D eigenvalue weighted by atomic mass is 16.4. The molecule has 108 valence electrons. The minimum absolute atomic E-state index is 0.0666. The Hall–Kier alpha value is -1.88. The number of carbonyl (C=O) groups excluding carboxylic acids is 1. The second-order valence-electron chi connectivity index (χ2n) is 5.37. The zero-order valence-electron chi connectivity index (χ0n) is 11.3. The van der Waals surface area contributed by atoms with Gasteiger partial charge in [-0.05, 0) is 18.4 Å². The van der Waals surface area contributed by atoms with Crippen molar-refractivity contribution in [3.63, 3.8) is 0 Å². The van der Waals surface area contributed by atoms with Gasteiger partial charge in [0.1, 0.15) is 0 Å². The quantitative estimate of drug-likeness (QED) is 0.754. The van der Waals surface area contributed by atoms with Gasteiger partial charge in [-0.1, -0.05) is 43.2 Å². The van der Waals surface area contributed by atoms with Gasteiger partial charge >= 0.3 is 5.97 Å². The average Bonchev–Trinajstić information content (AvgIpc) is 2.88. The highest BCUT2D eigenvalue weighted by Crippen LogP contribution is 2.27. The van der Waals surface area contributed by atoms with E-state index in [0.29, 0.717) is 18.4 Å². The molecule has 1 fully saturated rings. The number of carboxylic acid groups (broad SMARTS) is 1. The first kappa shape index (κ1) is 14.5. The Bertz CT molecular complexity index is 481. The molecule has 1 amide bonds. The van der Waals surface area contributed by atoms with Crippen LogP contribution in [-0.2, 0) is 9.59 Å². The van der Waals surface area contributed by atoms with E-state index in [1.165, 1.54) is 0 Å². The molecule has 0 aromatic heterocycles. The van der Waals surface area contributed by atoms with E-state index < -0.39 is 17.4 Å². The highest BCUT2D eigenvalue weighted by molar-refractivity contribution is 5.87. The van der Waals surface area contributed by atoms with Gasteiger partial charge in [0.05, 0.1) is 11.5 Å². The molecular weight excluding hydrogens is 256 g/mol. The Morgan fingerprint density at radius 1 is 1.25 bits per heavy atom. The third-order valence-corrected chi connectivity index (χ3v) is 3.91. The van der Waals surface area contributed by atoms with Gasteiger partial charge in [0.15, 0.2) is 0 Å². The van der Waals surface area contributed by atoms with Crippen LogP contribution >= 0.6 is 0 Å². The standard InChI is InChI=1S/C15H20N2O3/c16-15(8-4-5-9-15)14(20)17-10-12(13(18)19)11-6-2-1-3-7-11/h1-3,6-7,12H,4-5,8-10,16H2,(H,17,20)(H,18,19). The summed E-state index contributed by atoms with van der Waals surface area (Å²) >= 11 is 0. The SMILES string of the molecule is NC1(C(=O)NCC(C(=O)O)c2ccccc2)CCCC1. The molecule has 1 unspecified atom stereocenters. The number of amides is 1. The van der Waals surface area contributed by atoms with Crippen molar-refractivity contribution in [1.82, 2.24) is 5.32 Å². The number of hydrogen-bond donors (Lipinski definition) is 3. The number of carboxylic acids is 1. The molecule has 0 spiro atoms. The Labute approximate surface area is 118 Å². The Kier molecular flexibility index (Phi) is 4.39. The van der Waals surface area contributed by atoms with E-state index in [1.54, 1.807) is 24.3 Å². The maximum Gasteiger partial charge on any atom is 0.312 e. The normalized spacial score (nSPS) is 18.4. The summed E-state index contributed by atoms with van der Waals surface area (Å²) in [5, 5.41) is 12.0. The summed E-state index contributed by atoms with van der Waals surface area (Å²) in [6.07, 6.45) is 3.24. The van der Waals surface area contributed by atoms with Crippen molar-refractivity contribution in [2.45, 2.75) is 37.1 Å². The van der Waals surface area contributed by atoms with Crippen molar-refractivity contribution >= 4 is 11.9 Å². The first-order valence-corrected chi connectivity index (χ1v) is 6.88. The average molecular weight is 276 g/mol. The molecule has 1 aliphatic carbocycles. The van der Waals surface area contributed by atoms with Crippen molar-refractivity contribution in [2.75, 3.05) is 6.54 Å². The van der Waals surface area contributed by atoms with Crippen LogP contribution in [0.5, 0.6) is 0 Å². The number of nitrogens with one attached hydrogen (secondary N) is 1. The number of hydrogen-bond acceptors (Lipinski definition) is 3. The zero-order chi connectivity index (χ0) is 14.6. The minimum Gasteiger partial charge on any atom is -0.481 e. The van der Waals surface area contributed by atoms with Crippen LogP contribution in [0.15, 0.2) is 30.3 Å². The summed E-state index contributed by atoms with van der Waals surface area (Å²) in [7, 11) is 0. The summed E-state index contributed by atoms with van der Waals surface area (Å²) in [4.78, 5) is 23.4. The van der Waals surface area contributed by atoms with E-state index in [0.717, 1.165) is 12.8 Å². The van der Waals surface area contributed by atoms with Crippen LogP contribution in [0, 0.1) is 0 Å². The van der Waals surface area contributed by atoms with E-state index in [1.807, 2.05) is 6.07 Å². The third-order valence-electron chi connectivity index (χ3n) is 3.91. The molecule has 0 bridgehead atoms. The van der Waals surface area contributed by atoms with Crippen LogP contribution in [0.3, 0.4) is 0 Å². The van der Waals surface area contributed by atoms with Gasteiger partial charge in [-0.3, -0.25) is 9.59 Å². The van der Waals surface area contributed by atoms with Gasteiger partial charge in [0, 0.05) is 6.54 Å². The van der Waals surface area contributed by atoms with Gasteiger partial charge in [0.2, 0.25) is 5.91 Å². The molecule has 1 aromatic carbocycles. The molecule has 1 aromatic rings. The van der Waals surface area contributed by atoms with Gasteiger partial charge in [-0.25, -0.2) is 0 Å². The topological polar surface area (TPSA) is 92.4 Å². The van der Waals surface area contributed by atoms with Gasteiger partial charge in [-0.2, -0.15) is 0 Å². The molecule has 0 heterocycles. The van der Waals surface area contributed by atoms with E-state index in [-0.39, 0.29) is 12.5 Å². The molecule has 20 heavy (non-hydrogen) atoms. The second-order valence-corrected chi connectivity index (χ2v) is 5.37. The van der Waals surface area contributed by atoms with Crippen LogP contribution in [0.2, 0.25) is 0 Å². The molecule has 2 rings (SSSR count). The molecular formula is C15H20N2O3. The van der Waals surface area contributed by atoms with Crippen LogP contribution in [0.1, 0.15) is 37.2 Å². The highest BCUT2D eigenvalue weighted by Gasteiger charge is 2.37. The predicted molar refractivity (Wildman–Crippen MR) is 75.2 cm³/mol. The lowest BCUT2D eigenvalue weighted by Crippen LogP contribution is -2.52. The number of benzene rings is 1. The first-order chi connectivity index (χ1) is 9.53. The van der Waals surface area contributed by atoms with E-state index in [2.05, 4.69) is 5.32 Å². The molecule has 5 nitrogen and oxygen atoms in total. The van der Waals surface area contributed by atoms with E-state index in [9.17, 15) is 14.7 Å². The zero-order valence-corrected chi connectivity index (χ0v) is 11.3. The fourth-order valence-corrected chi connectivity index (χ4v) is 2.64. The molecule has 1 aliphatic rings. The summed E-state index contributed by atoms with van der Waals surface area (Å²) in [6.45, 7) is 0.0666. The molecule has 0 saturated heterocycles. The van der Waals surface area contributed by atoms with Crippen LogP contribution in [0.4, 0.5) is 0 Å². The van der Waals surface area contributed by atoms with Crippen molar-refractivity contribution < 1.29 is 14.7 Å². The van der Waals surface area contributed by atoms with Crippen molar-refractivity contribution in [3.8, 4) is 0 Å². The number of rotatable bonds is 5. The van der Waals surface area contributed by atoms with E-state index >= 15 is 0 Å². The van der Waals surface area contributed by atoms with E-state index in [4.69, 9.17) is 5.73 Å². The minimum atomic E-state index is -0.950. The predicted octanol–water partition coefficient (Wildman–Crippen LogP) is 1.24. The lowest BCUT2D eigenvalue weighted by molar-refractivity contribution is -0.138. The summed E-state index contributed by atoms with van der Waals surface area (Å²) in [6, 6.07) is 8.90. The molecule has 0 radical (unpaired) electrons. The van der Waals surface area contributed by atoms with Gasteiger partial charge < -0.3 is 16.2 Å². The fraction of sp³-hybridized carbons (Fsp3) is 0.467. The first-order valence-electron chi connectivity index (χ1n) is 6.88. The monoisotopic (exact) mass is 276 g/mol. The summed E-state index contributed by atoms with van der Waals surface area (Å²) in [5.41, 5.74) is 5.90. The Morgan fingerprint density at radius 3 is 2.40 bits per heavy atom. The third kappa shape index (κ3) is 3.17. The molecule has 1 saturated carbocycles. The number of aliphatic carboxylic acids is 1. The molecule has 5 heteroatoms. The maximum absolute atomic E-state index is 12.1. The number of nitrogens with two attached hydrogens (primary N) is 1. The second kappa shape index (κ2) is 6.05. The van der Waals surface area contributed by atoms with Crippen molar-refractivity contribution in [3.05, 3.63) is 35.9 Å². The molecule has 4 N–H and O–H groups in total. The number of carbonyl (C=O) groups is 2. The largest absolute Gasteiger partial charge is 0.481 e. The lowest BCUT2D eigenvalue weighted by atomic mass is 9.96. The molecule has 1 atom stereocenters. The summed E-state index contributed by atoms with van der Waals surface area (Å²) in [5.74, 6) is -1.93. The molecule has 0 aliphatic heterocycles. The fourth-order valence-electron chi connectivity index (χ4n) is 2.64.